The number of hydrogen-bond acceptors (Lipinski definition) is 3. The molecule has 19 heavy (non-hydrogen) atoms. The fraction of sp³-hybridized carbons (Fsp3) is 0.812. The van der Waals surface area contributed by atoms with E-state index in [4.69, 9.17) is 0 Å². The van der Waals surface area contributed by atoms with Gasteiger partial charge in [-0.1, -0.05) is 26.3 Å². The average Bonchev–Trinajstić information content (AvgIpc) is 2.76. The summed E-state index contributed by atoms with van der Waals surface area (Å²) in [5, 5.41) is 0. The Labute approximate surface area is 127 Å². The average molecular weight is 301 g/mol. The van der Waals surface area contributed by atoms with Gasteiger partial charge in [0.05, 0.1) is 0 Å². The molecule has 0 aromatic rings. The van der Waals surface area contributed by atoms with Gasteiger partial charge in [-0.15, -0.1) is 0 Å². The second kappa shape index (κ2) is 10.8. The van der Waals surface area contributed by atoms with Gasteiger partial charge in [-0.2, -0.15) is 23.5 Å². The van der Waals surface area contributed by atoms with Crippen LogP contribution in [0, 0.1) is 5.92 Å². The maximum Gasteiger partial charge on any atom is 0.161 e. The molecule has 3 heteroatoms. The molecule has 1 atom stereocenters. The summed E-state index contributed by atoms with van der Waals surface area (Å²) in [6.07, 6.45) is 8.94. The Kier molecular flexibility index (Phi) is 9.80. The van der Waals surface area contributed by atoms with Crippen molar-refractivity contribution in [3.05, 3.63) is 11.6 Å². The lowest BCUT2D eigenvalue weighted by Crippen LogP contribution is -2.11. The van der Waals surface area contributed by atoms with E-state index in [0.717, 1.165) is 37.0 Å². The van der Waals surface area contributed by atoms with Crippen LogP contribution in [0.4, 0.5) is 0 Å². The molecular weight excluding hydrogens is 272 g/mol. The predicted molar refractivity (Wildman–Crippen MR) is 90.3 cm³/mol. The molecule has 0 bridgehead atoms. The first kappa shape index (κ1) is 17.2. The Morgan fingerprint density at radius 2 is 1.95 bits per heavy atom. The van der Waals surface area contributed by atoms with Crippen LogP contribution in [0.2, 0.25) is 0 Å². The van der Waals surface area contributed by atoms with Crippen molar-refractivity contribution in [3.8, 4) is 0 Å². The molecule has 0 N–H and O–H groups in total. The molecule has 0 saturated heterocycles. The minimum absolute atomic E-state index is 0.310. The van der Waals surface area contributed by atoms with Crippen LogP contribution in [0.5, 0.6) is 0 Å². The minimum Gasteiger partial charge on any atom is -0.294 e. The highest BCUT2D eigenvalue weighted by Gasteiger charge is 2.25. The standard InChI is InChI=1S/C16H28OS2/c1-3-5-7-14-8-9-15(16(14)17)10-13-19-12-6-11-18-4-2/h8,15H,3-7,9-13H2,1-2H3. The number of carbonyl (C=O) groups is 1. The first-order chi connectivity index (χ1) is 9.29. The first-order valence-electron chi connectivity index (χ1n) is 7.68. The topological polar surface area (TPSA) is 17.1 Å². The normalized spacial score (nSPS) is 18.9. The molecule has 0 fully saturated rings. The van der Waals surface area contributed by atoms with E-state index in [1.54, 1.807) is 0 Å². The van der Waals surface area contributed by atoms with Gasteiger partial charge in [-0.25, -0.2) is 0 Å². The van der Waals surface area contributed by atoms with E-state index in [9.17, 15) is 4.79 Å². The molecule has 0 amide bonds. The summed E-state index contributed by atoms with van der Waals surface area (Å²) < 4.78 is 0. The quantitative estimate of drug-likeness (QED) is 0.502. The second-order valence-electron chi connectivity index (χ2n) is 5.08. The smallest absolute Gasteiger partial charge is 0.161 e. The van der Waals surface area contributed by atoms with Crippen LogP contribution in [0.25, 0.3) is 0 Å². The third kappa shape index (κ3) is 6.89. The van der Waals surface area contributed by atoms with Crippen LogP contribution in [-0.4, -0.2) is 28.8 Å². The van der Waals surface area contributed by atoms with E-state index < -0.39 is 0 Å². The molecule has 1 unspecified atom stereocenters. The monoisotopic (exact) mass is 300 g/mol. The summed E-state index contributed by atoms with van der Waals surface area (Å²) in [5.41, 5.74) is 1.12. The van der Waals surface area contributed by atoms with Crippen LogP contribution in [0.1, 0.15) is 52.4 Å². The van der Waals surface area contributed by atoms with E-state index in [2.05, 4.69) is 19.9 Å². The van der Waals surface area contributed by atoms with Crippen LogP contribution in [0.3, 0.4) is 0 Å². The second-order valence-corrected chi connectivity index (χ2v) is 7.70. The number of carbonyl (C=O) groups excluding carboxylic acids is 1. The zero-order valence-electron chi connectivity index (χ0n) is 12.5. The first-order valence-corrected chi connectivity index (χ1v) is 9.99. The Hall–Kier alpha value is 0.110. The molecule has 0 heterocycles. The maximum atomic E-state index is 12.1. The summed E-state index contributed by atoms with van der Waals surface area (Å²) in [5.74, 6) is 5.69. The van der Waals surface area contributed by atoms with Gasteiger partial charge in [0.2, 0.25) is 0 Å². The zero-order valence-corrected chi connectivity index (χ0v) is 14.1. The van der Waals surface area contributed by atoms with Crippen LogP contribution in [0.15, 0.2) is 11.6 Å². The van der Waals surface area contributed by atoms with E-state index in [1.807, 2.05) is 23.5 Å². The lowest BCUT2D eigenvalue weighted by Gasteiger charge is -2.09. The molecule has 1 aliphatic carbocycles. The minimum atomic E-state index is 0.310. The molecule has 0 radical (unpaired) electrons. The van der Waals surface area contributed by atoms with Gasteiger partial charge in [0.15, 0.2) is 5.78 Å². The molecule has 0 spiro atoms. The molecule has 0 aromatic carbocycles. The molecule has 0 aliphatic heterocycles. The van der Waals surface area contributed by atoms with Crippen molar-refractivity contribution in [1.82, 2.24) is 0 Å². The van der Waals surface area contributed by atoms with Gasteiger partial charge in [-0.05, 0) is 60.7 Å². The summed E-state index contributed by atoms with van der Waals surface area (Å²) in [6.45, 7) is 4.40. The lowest BCUT2D eigenvalue weighted by atomic mass is 9.99. The predicted octanol–water partition coefficient (Wildman–Crippen LogP) is 4.96. The van der Waals surface area contributed by atoms with Crippen LogP contribution < -0.4 is 0 Å². The van der Waals surface area contributed by atoms with Crippen molar-refractivity contribution < 1.29 is 4.79 Å². The third-order valence-electron chi connectivity index (χ3n) is 3.53. The summed E-state index contributed by atoms with van der Waals surface area (Å²) in [6, 6.07) is 0. The van der Waals surface area contributed by atoms with E-state index in [-0.39, 0.29) is 0 Å². The van der Waals surface area contributed by atoms with Crippen molar-refractivity contribution >= 4 is 29.3 Å². The number of unbranched alkanes of at least 4 members (excludes halogenated alkanes) is 1. The molecule has 0 aromatic heterocycles. The van der Waals surface area contributed by atoms with Gasteiger partial charge in [0, 0.05) is 5.92 Å². The Morgan fingerprint density at radius 1 is 1.16 bits per heavy atom. The van der Waals surface area contributed by atoms with Gasteiger partial charge < -0.3 is 0 Å². The Bertz CT molecular complexity index is 286. The highest BCUT2D eigenvalue weighted by atomic mass is 32.2. The lowest BCUT2D eigenvalue weighted by molar-refractivity contribution is -0.118. The van der Waals surface area contributed by atoms with Gasteiger partial charge in [-0.3, -0.25) is 4.79 Å². The molecule has 110 valence electrons. The van der Waals surface area contributed by atoms with Crippen LogP contribution in [-0.2, 0) is 4.79 Å². The maximum absolute atomic E-state index is 12.1. The van der Waals surface area contributed by atoms with Crippen LogP contribution >= 0.6 is 23.5 Å². The third-order valence-corrected chi connectivity index (χ3v) is 5.62. The number of hydrogen-bond donors (Lipinski definition) is 0. The van der Waals surface area contributed by atoms with Crippen molar-refractivity contribution in [2.24, 2.45) is 5.92 Å². The zero-order chi connectivity index (χ0) is 13.9. The van der Waals surface area contributed by atoms with E-state index in [0.29, 0.717) is 11.7 Å². The number of thioether (sulfide) groups is 2. The Morgan fingerprint density at radius 3 is 2.68 bits per heavy atom. The van der Waals surface area contributed by atoms with Gasteiger partial charge in [0.25, 0.3) is 0 Å². The number of Topliss-reactive ketones (excluding diaryl/α,β-unsaturated/α-hetero) is 1. The fourth-order valence-electron chi connectivity index (χ4n) is 2.33. The molecule has 1 rings (SSSR count). The Balaban J connectivity index is 2.04. The van der Waals surface area contributed by atoms with Gasteiger partial charge in [0.1, 0.15) is 0 Å². The molecule has 1 nitrogen and oxygen atoms in total. The largest absolute Gasteiger partial charge is 0.294 e. The van der Waals surface area contributed by atoms with Crippen molar-refractivity contribution in [1.29, 1.82) is 0 Å². The van der Waals surface area contributed by atoms with Crippen molar-refractivity contribution in [2.75, 3.05) is 23.0 Å². The molecule has 0 saturated carbocycles. The van der Waals surface area contributed by atoms with E-state index in [1.165, 1.54) is 30.1 Å². The number of allylic oxidation sites excluding steroid dienone is 2. The summed E-state index contributed by atoms with van der Waals surface area (Å²) in [7, 11) is 0. The number of rotatable bonds is 11. The highest BCUT2D eigenvalue weighted by Crippen LogP contribution is 2.28. The van der Waals surface area contributed by atoms with Crippen molar-refractivity contribution in [2.45, 2.75) is 52.4 Å². The van der Waals surface area contributed by atoms with Gasteiger partial charge >= 0.3 is 0 Å². The summed E-state index contributed by atoms with van der Waals surface area (Å²) in [4.78, 5) is 12.1. The highest BCUT2D eigenvalue weighted by molar-refractivity contribution is 8.00. The number of ketones is 1. The molecule has 1 aliphatic rings. The van der Waals surface area contributed by atoms with E-state index >= 15 is 0 Å². The van der Waals surface area contributed by atoms with Crippen molar-refractivity contribution in [3.63, 3.8) is 0 Å². The fourth-order valence-corrected chi connectivity index (χ4v) is 4.15. The SMILES string of the molecule is CCCCC1=CCC(CCSCCCSCC)C1=O. The molecular formula is C16H28OS2. The summed E-state index contributed by atoms with van der Waals surface area (Å²) >= 11 is 4.05.